The summed E-state index contributed by atoms with van der Waals surface area (Å²) in [5.74, 6) is 1.66. The van der Waals surface area contributed by atoms with Gasteiger partial charge < -0.3 is 9.84 Å². The van der Waals surface area contributed by atoms with Gasteiger partial charge in [-0.15, -0.1) is 0 Å². The fourth-order valence-corrected chi connectivity index (χ4v) is 4.21. The second kappa shape index (κ2) is 7.96. The highest BCUT2D eigenvalue weighted by Gasteiger charge is 2.53. The van der Waals surface area contributed by atoms with Crippen molar-refractivity contribution in [1.82, 2.24) is 4.90 Å². The van der Waals surface area contributed by atoms with Gasteiger partial charge in [0, 0.05) is 18.2 Å². The number of ether oxygens (including phenoxy) is 1. The van der Waals surface area contributed by atoms with Crippen LogP contribution in [0, 0.1) is 0 Å². The van der Waals surface area contributed by atoms with Gasteiger partial charge in [0.2, 0.25) is 0 Å². The maximum atomic E-state index is 13.2. The molecule has 5 nitrogen and oxygen atoms in total. The molecular formula is C20H25NO4. The Kier molecular flexibility index (Phi) is 5.69. The predicted molar refractivity (Wildman–Crippen MR) is 93.5 cm³/mol. The Balaban J connectivity index is 1.88. The lowest BCUT2D eigenvalue weighted by molar-refractivity contribution is -0.160. The first-order valence-electron chi connectivity index (χ1n) is 9.05. The van der Waals surface area contributed by atoms with E-state index in [9.17, 15) is 14.7 Å². The van der Waals surface area contributed by atoms with E-state index in [0.717, 1.165) is 31.2 Å². The van der Waals surface area contributed by atoms with Crippen molar-refractivity contribution in [2.75, 3.05) is 13.2 Å². The molecule has 25 heavy (non-hydrogen) atoms. The van der Waals surface area contributed by atoms with Gasteiger partial charge in [-0.1, -0.05) is 36.8 Å². The summed E-state index contributed by atoms with van der Waals surface area (Å²) in [5, 5.41) is 9.73. The van der Waals surface area contributed by atoms with Gasteiger partial charge >= 0.3 is 5.97 Å². The summed E-state index contributed by atoms with van der Waals surface area (Å²) in [6.45, 7) is 0.863. The number of hydrogen-bond donors (Lipinski definition) is 1. The van der Waals surface area contributed by atoms with Crippen molar-refractivity contribution < 1.29 is 19.4 Å². The first-order valence-corrected chi connectivity index (χ1v) is 9.05. The fraction of sp³-hybridized carbons (Fsp3) is 0.550. The molecule has 2 atom stereocenters. The number of benzene rings is 1. The molecule has 1 N–H and O–H groups in total. The van der Waals surface area contributed by atoms with E-state index in [1.54, 1.807) is 0 Å². The number of aliphatic hydroxyl groups excluding tert-OH is 1. The second-order valence-corrected chi connectivity index (χ2v) is 6.88. The molecule has 1 heterocycles. The van der Waals surface area contributed by atoms with E-state index in [0.29, 0.717) is 25.0 Å². The fourth-order valence-electron chi connectivity index (χ4n) is 4.21. The van der Waals surface area contributed by atoms with Gasteiger partial charge in [-0.05, 0) is 37.7 Å². The van der Waals surface area contributed by atoms with Gasteiger partial charge in [0.1, 0.15) is 12.5 Å². The molecule has 1 aromatic carbocycles. The van der Waals surface area contributed by atoms with Gasteiger partial charge in [-0.3, -0.25) is 4.90 Å². The third kappa shape index (κ3) is 3.40. The van der Waals surface area contributed by atoms with E-state index in [1.165, 1.54) is 0 Å². The molecule has 0 bridgehead atoms. The van der Waals surface area contributed by atoms with Crippen LogP contribution in [0.25, 0.3) is 0 Å². The molecule has 0 amide bonds. The van der Waals surface area contributed by atoms with Gasteiger partial charge in [-0.2, -0.15) is 0 Å². The lowest BCUT2D eigenvalue weighted by atomic mass is 9.76. The Hall–Kier alpha value is -1.94. The molecule has 1 aromatic rings. The van der Waals surface area contributed by atoms with E-state index in [4.69, 9.17) is 4.74 Å². The second-order valence-electron chi connectivity index (χ2n) is 6.88. The SMILES string of the molecule is O=C=C1CCCCC1(C(=O)OCc1ccccc1)N1CCCC1CO. The van der Waals surface area contributed by atoms with Crippen LogP contribution in [0.5, 0.6) is 0 Å². The van der Waals surface area contributed by atoms with Crippen LogP contribution in [0.4, 0.5) is 0 Å². The summed E-state index contributed by atoms with van der Waals surface area (Å²) in [7, 11) is 0. The molecule has 0 spiro atoms. The molecule has 2 fully saturated rings. The molecule has 1 aliphatic carbocycles. The van der Waals surface area contributed by atoms with E-state index in [2.05, 4.69) is 0 Å². The van der Waals surface area contributed by atoms with Gasteiger partial charge in [-0.25, -0.2) is 9.59 Å². The van der Waals surface area contributed by atoms with Crippen molar-refractivity contribution in [2.24, 2.45) is 0 Å². The summed E-state index contributed by atoms with van der Waals surface area (Å²) < 4.78 is 5.65. The Morgan fingerprint density at radius 1 is 1.28 bits per heavy atom. The van der Waals surface area contributed by atoms with Crippen molar-refractivity contribution in [1.29, 1.82) is 0 Å². The van der Waals surface area contributed by atoms with Crippen LogP contribution < -0.4 is 0 Å². The molecule has 1 saturated carbocycles. The number of rotatable bonds is 5. The summed E-state index contributed by atoms with van der Waals surface area (Å²) in [4.78, 5) is 26.8. The molecule has 5 heteroatoms. The van der Waals surface area contributed by atoms with E-state index >= 15 is 0 Å². The van der Waals surface area contributed by atoms with Crippen LogP contribution in [0.3, 0.4) is 0 Å². The Bertz CT molecular complexity index is 653. The Morgan fingerprint density at radius 3 is 2.80 bits per heavy atom. The number of hydrogen-bond acceptors (Lipinski definition) is 5. The third-order valence-electron chi connectivity index (χ3n) is 5.47. The summed E-state index contributed by atoms with van der Waals surface area (Å²) in [6, 6.07) is 9.42. The molecule has 2 aliphatic rings. The molecule has 2 unspecified atom stereocenters. The maximum Gasteiger partial charge on any atom is 0.332 e. The number of nitrogens with zero attached hydrogens (tertiary/aromatic N) is 1. The summed E-state index contributed by atoms with van der Waals surface area (Å²) in [5.41, 5.74) is 0.342. The average Bonchev–Trinajstić information content (AvgIpc) is 3.15. The normalized spacial score (nSPS) is 27.1. The van der Waals surface area contributed by atoms with Crippen LogP contribution in [-0.4, -0.2) is 46.6 Å². The smallest absolute Gasteiger partial charge is 0.332 e. The maximum absolute atomic E-state index is 13.2. The van der Waals surface area contributed by atoms with Crippen molar-refractivity contribution in [3.8, 4) is 0 Å². The minimum atomic E-state index is -1.06. The van der Waals surface area contributed by atoms with Crippen LogP contribution in [0.1, 0.15) is 44.1 Å². The van der Waals surface area contributed by atoms with Crippen molar-refractivity contribution >= 4 is 11.9 Å². The first-order chi connectivity index (χ1) is 12.2. The molecule has 0 aromatic heterocycles. The van der Waals surface area contributed by atoms with E-state index in [1.807, 2.05) is 41.2 Å². The molecular weight excluding hydrogens is 318 g/mol. The average molecular weight is 343 g/mol. The molecule has 1 saturated heterocycles. The van der Waals surface area contributed by atoms with E-state index in [-0.39, 0.29) is 25.2 Å². The minimum Gasteiger partial charge on any atom is -0.459 e. The van der Waals surface area contributed by atoms with Crippen molar-refractivity contribution in [2.45, 2.75) is 56.7 Å². The zero-order valence-electron chi connectivity index (χ0n) is 14.4. The van der Waals surface area contributed by atoms with Gasteiger partial charge in [0.25, 0.3) is 0 Å². The summed E-state index contributed by atoms with van der Waals surface area (Å²) in [6.07, 6.45) is 4.61. The predicted octanol–water partition coefficient (Wildman–Crippen LogP) is 2.26. The van der Waals surface area contributed by atoms with E-state index < -0.39 is 5.54 Å². The quantitative estimate of drug-likeness (QED) is 0.656. The monoisotopic (exact) mass is 343 g/mol. The van der Waals surface area contributed by atoms with Gasteiger partial charge in [0.05, 0.1) is 6.61 Å². The number of likely N-dealkylation sites (tertiary alicyclic amines) is 1. The standard InChI is InChI=1S/C20H25NO4/c22-13-17-9-4-5-11-20(17,21-12-6-10-18(21)14-23)19(24)25-15-16-7-2-1-3-8-16/h1-3,7-8,18,23H,4-6,9-12,14-15H2. The zero-order valence-corrected chi connectivity index (χ0v) is 14.4. The van der Waals surface area contributed by atoms with Crippen LogP contribution in [0.2, 0.25) is 0 Å². The molecule has 0 radical (unpaired) electrons. The van der Waals surface area contributed by atoms with Gasteiger partial charge in [0.15, 0.2) is 5.54 Å². The zero-order chi connectivity index (χ0) is 17.7. The number of carbonyl (C=O) groups excluding carboxylic acids is 2. The van der Waals surface area contributed by atoms with Crippen molar-refractivity contribution in [3.05, 3.63) is 41.5 Å². The Morgan fingerprint density at radius 2 is 2.08 bits per heavy atom. The topological polar surface area (TPSA) is 66.8 Å². The molecule has 134 valence electrons. The number of aliphatic hydroxyl groups is 1. The van der Waals surface area contributed by atoms with Crippen molar-refractivity contribution in [3.63, 3.8) is 0 Å². The molecule has 3 rings (SSSR count). The number of carbonyl (C=O) groups is 1. The first kappa shape index (κ1) is 17.9. The molecule has 1 aliphatic heterocycles. The largest absolute Gasteiger partial charge is 0.459 e. The highest BCUT2D eigenvalue weighted by atomic mass is 16.5. The van der Waals surface area contributed by atoms with Crippen LogP contribution >= 0.6 is 0 Å². The Labute approximate surface area is 148 Å². The number of esters is 1. The highest BCUT2D eigenvalue weighted by molar-refractivity contribution is 5.88. The van der Waals surface area contributed by atoms with Crippen LogP contribution in [-0.2, 0) is 20.9 Å². The highest BCUT2D eigenvalue weighted by Crippen LogP contribution is 2.42. The summed E-state index contributed by atoms with van der Waals surface area (Å²) >= 11 is 0. The minimum absolute atomic E-state index is 0.0140. The lowest BCUT2D eigenvalue weighted by Crippen LogP contribution is -2.60. The lowest BCUT2D eigenvalue weighted by Gasteiger charge is -2.45. The third-order valence-corrected chi connectivity index (χ3v) is 5.47. The van der Waals surface area contributed by atoms with Crippen LogP contribution in [0.15, 0.2) is 35.9 Å².